The predicted octanol–water partition coefficient (Wildman–Crippen LogP) is 1.64. The quantitative estimate of drug-likeness (QED) is 0.879. The fourth-order valence-electron chi connectivity index (χ4n) is 2.75. The van der Waals surface area contributed by atoms with Crippen molar-refractivity contribution in [3.05, 3.63) is 36.0 Å². The SMILES string of the molecule is CN1CCC(NC(=O)c2cc3ccccc3c(N)n2)CC1. The molecular weight excluding hydrogens is 264 g/mol. The zero-order chi connectivity index (χ0) is 14.8. The summed E-state index contributed by atoms with van der Waals surface area (Å²) in [6.07, 6.45) is 1.95. The van der Waals surface area contributed by atoms with Gasteiger partial charge in [-0.2, -0.15) is 0 Å². The fourth-order valence-corrected chi connectivity index (χ4v) is 2.75. The number of hydrogen-bond donors (Lipinski definition) is 2. The molecule has 1 saturated heterocycles. The van der Waals surface area contributed by atoms with Gasteiger partial charge >= 0.3 is 0 Å². The van der Waals surface area contributed by atoms with Crippen LogP contribution in [0, 0.1) is 0 Å². The number of nitrogens with two attached hydrogens (primary N) is 1. The van der Waals surface area contributed by atoms with Crippen LogP contribution in [0.25, 0.3) is 10.8 Å². The number of amides is 1. The van der Waals surface area contributed by atoms with E-state index in [1.54, 1.807) is 6.07 Å². The molecule has 1 amide bonds. The standard InChI is InChI=1S/C16H20N4O/c1-20-8-6-12(7-9-20)18-16(21)14-10-11-4-2-3-5-13(11)15(17)19-14/h2-5,10,12H,6-9H2,1H3,(H2,17,19)(H,18,21). The lowest BCUT2D eigenvalue weighted by Gasteiger charge is -2.29. The first-order chi connectivity index (χ1) is 10.1. The van der Waals surface area contributed by atoms with Crippen molar-refractivity contribution in [3.63, 3.8) is 0 Å². The van der Waals surface area contributed by atoms with E-state index in [4.69, 9.17) is 5.73 Å². The van der Waals surface area contributed by atoms with Crippen LogP contribution in [0.5, 0.6) is 0 Å². The third-order valence-corrected chi connectivity index (χ3v) is 4.06. The van der Waals surface area contributed by atoms with Crippen LogP contribution >= 0.6 is 0 Å². The van der Waals surface area contributed by atoms with Crippen molar-refractivity contribution in [1.82, 2.24) is 15.2 Å². The second kappa shape index (κ2) is 5.69. The molecular formula is C16H20N4O. The molecule has 1 fully saturated rings. The van der Waals surface area contributed by atoms with E-state index >= 15 is 0 Å². The van der Waals surface area contributed by atoms with Crippen LogP contribution in [0.4, 0.5) is 5.82 Å². The third-order valence-electron chi connectivity index (χ3n) is 4.06. The zero-order valence-corrected chi connectivity index (χ0v) is 12.2. The van der Waals surface area contributed by atoms with E-state index in [9.17, 15) is 4.79 Å². The second-order valence-corrected chi connectivity index (χ2v) is 5.66. The summed E-state index contributed by atoms with van der Waals surface area (Å²) in [5.74, 6) is 0.267. The van der Waals surface area contributed by atoms with Crippen molar-refractivity contribution < 1.29 is 4.79 Å². The minimum Gasteiger partial charge on any atom is -0.383 e. The number of pyridine rings is 1. The number of anilines is 1. The largest absolute Gasteiger partial charge is 0.383 e. The van der Waals surface area contributed by atoms with Gasteiger partial charge in [0.25, 0.3) is 5.91 Å². The Balaban J connectivity index is 1.78. The molecule has 5 nitrogen and oxygen atoms in total. The number of benzene rings is 1. The Morgan fingerprint density at radius 3 is 2.81 bits per heavy atom. The Hall–Kier alpha value is -2.14. The van der Waals surface area contributed by atoms with Gasteiger partial charge in [0.2, 0.25) is 0 Å². The van der Waals surface area contributed by atoms with Crippen molar-refractivity contribution in [3.8, 4) is 0 Å². The maximum absolute atomic E-state index is 12.3. The van der Waals surface area contributed by atoms with E-state index in [0.29, 0.717) is 11.5 Å². The topological polar surface area (TPSA) is 71.2 Å². The van der Waals surface area contributed by atoms with Gasteiger partial charge in [0.15, 0.2) is 0 Å². The molecule has 0 saturated carbocycles. The van der Waals surface area contributed by atoms with E-state index in [1.165, 1.54) is 0 Å². The summed E-state index contributed by atoms with van der Waals surface area (Å²) in [4.78, 5) is 18.9. The van der Waals surface area contributed by atoms with Gasteiger partial charge in [0.1, 0.15) is 11.5 Å². The second-order valence-electron chi connectivity index (χ2n) is 5.66. The van der Waals surface area contributed by atoms with E-state index < -0.39 is 0 Å². The molecule has 3 rings (SSSR count). The van der Waals surface area contributed by atoms with E-state index in [2.05, 4.69) is 22.2 Å². The summed E-state index contributed by atoms with van der Waals surface area (Å²) in [6.45, 7) is 2.02. The Kier molecular flexibility index (Phi) is 3.75. The first kappa shape index (κ1) is 13.8. The number of nitrogen functional groups attached to an aromatic ring is 1. The van der Waals surface area contributed by atoms with Gasteiger partial charge in [0.05, 0.1) is 0 Å². The Bertz CT molecular complexity index is 662. The molecule has 1 aliphatic heterocycles. The molecule has 1 aliphatic rings. The average molecular weight is 284 g/mol. The number of nitrogens with zero attached hydrogens (tertiary/aromatic N) is 2. The number of likely N-dealkylation sites (tertiary alicyclic amines) is 1. The predicted molar refractivity (Wildman–Crippen MR) is 84.1 cm³/mol. The van der Waals surface area contributed by atoms with Crippen LogP contribution in [0.1, 0.15) is 23.3 Å². The van der Waals surface area contributed by atoms with Gasteiger partial charge in [0, 0.05) is 11.4 Å². The number of carbonyl (C=O) groups is 1. The Labute approximate surface area is 124 Å². The maximum Gasteiger partial charge on any atom is 0.270 e. The number of hydrogen-bond acceptors (Lipinski definition) is 4. The minimum absolute atomic E-state index is 0.137. The normalized spacial score (nSPS) is 17.0. The fraction of sp³-hybridized carbons (Fsp3) is 0.375. The highest BCUT2D eigenvalue weighted by atomic mass is 16.1. The zero-order valence-electron chi connectivity index (χ0n) is 12.2. The molecule has 0 aliphatic carbocycles. The summed E-state index contributed by atoms with van der Waals surface area (Å²) in [7, 11) is 2.10. The van der Waals surface area contributed by atoms with Crippen molar-refractivity contribution in [2.24, 2.45) is 0 Å². The monoisotopic (exact) mass is 284 g/mol. The van der Waals surface area contributed by atoms with E-state index in [1.807, 2.05) is 24.3 Å². The van der Waals surface area contributed by atoms with Gasteiger partial charge in [-0.3, -0.25) is 4.79 Å². The number of nitrogens with one attached hydrogen (secondary N) is 1. The third kappa shape index (κ3) is 2.97. The number of rotatable bonds is 2. The summed E-state index contributed by atoms with van der Waals surface area (Å²) >= 11 is 0. The van der Waals surface area contributed by atoms with Crippen molar-refractivity contribution in [2.45, 2.75) is 18.9 Å². The summed E-state index contributed by atoms with van der Waals surface area (Å²) in [6, 6.07) is 9.73. The molecule has 0 spiro atoms. The van der Waals surface area contributed by atoms with Crippen LogP contribution in [0.2, 0.25) is 0 Å². The average Bonchev–Trinajstić information content (AvgIpc) is 2.49. The number of carbonyl (C=O) groups excluding carboxylic acids is 1. The summed E-state index contributed by atoms with van der Waals surface area (Å²) in [5.41, 5.74) is 6.34. The van der Waals surface area contributed by atoms with E-state index in [-0.39, 0.29) is 11.9 Å². The lowest BCUT2D eigenvalue weighted by atomic mass is 10.1. The van der Waals surface area contributed by atoms with Crippen LogP contribution in [0.3, 0.4) is 0 Å². The molecule has 1 aromatic heterocycles. The molecule has 0 bridgehead atoms. The number of aromatic nitrogens is 1. The molecule has 2 aromatic rings. The highest BCUT2D eigenvalue weighted by molar-refractivity contribution is 5.99. The molecule has 1 aromatic carbocycles. The molecule has 0 radical (unpaired) electrons. The van der Waals surface area contributed by atoms with Crippen LogP contribution in [-0.2, 0) is 0 Å². The van der Waals surface area contributed by atoms with Gasteiger partial charge < -0.3 is 16.0 Å². The van der Waals surface area contributed by atoms with Crippen LogP contribution in [0.15, 0.2) is 30.3 Å². The minimum atomic E-state index is -0.137. The highest BCUT2D eigenvalue weighted by Crippen LogP contribution is 2.20. The van der Waals surface area contributed by atoms with E-state index in [0.717, 1.165) is 36.7 Å². The highest BCUT2D eigenvalue weighted by Gasteiger charge is 2.20. The molecule has 2 heterocycles. The van der Waals surface area contributed by atoms with Crippen molar-refractivity contribution in [1.29, 1.82) is 0 Å². The summed E-state index contributed by atoms with van der Waals surface area (Å²) < 4.78 is 0. The number of fused-ring (bicyclic) bond motifs is 1. The molecule has 0 unspecified atom stereocenters. The molecule has 0 atom stereocenters. The molecule has 110 valence electrons. The van der Waals surface area contributed by atoms with Crippen molar-refractivity contribution >= 4 is 22.5 Å². The Morgan fingerprint density at radius 2 is 2.05 bits per heavy atom. The molecule has 21 heavy (non-hydrogen) atoms. The molecule has 5 heteroatoms. The van der Waals surface area contributed by atoms with Crippen molar-refractivity contribution in [2.75, 3.05) is 25.9 Å². The molecule has 3 N–H and O–H groups in total. The maximum atomic E-state index is 12.3. The lowest BCUT2D eigenvalue weighted by Crippen LogP contribution is -2.43. The van der Waals surface area contributed by atoms with Gasteiger partial charge in [-0.25, -0.2) is 4.98 Å². The lowest BCUT2D eigenvalue weighted by molar-refractivity contribution is 0.0912. The van der Waals surface area contributed by atoms with Crippen LogP contribution in [-0.4, -0.2) is 42.0 Å². The number of piperidine rings is 1. The summed E-state index contributed by atoms with van der Waals surface area (Å²) in [5, 5.41) is 4.89. The van der Waals surface area contributed by atoms with Gasteiger partial charge in [-0.05, 0) is 44.4 Å². The first-order valence-electron chi connectivity index (χ1n) is 7.28. The van der Waals surface area contributed by atoms with Gasteiger partial charge in [-0.1, -0.05) is 24.3 Å². The Morgan fingerprint density at radius 1 is 1.33 bits per heavy atom. The van der Waals surface area contributed by atoms with Gasteiger partial charge in [-0.15, -0.1) is 0 Å². The van der Waals surface area contributed by atoms with Crippen LogP contribution < -0.4 is 11.1 Å². The smallest absolute Gasteiger partial charge is 0.270 e. The first-order valence-corrected chi connectivity index (χ1v) is 7.28.